The molecule has 0 unspecified atom stereocenters. The van der Waals surface area contributed by atoms with E-state index < -0.39 is 5.82 Å². The van der Waals surface area contributed by atoms with Gasteiger partial charge in [0.1, 0.15) is 23.0 Å². The number of benzene rings is 1. The number of hydrogen-bond donors (Lipinski definition) is 3. The molecule has 4 aromatic rings. The molecule has 3 aromatic heterocycles. The molecule has 0 radical (unpaired) electrons. The van der Waals surface area contributed by atoms with Crippen molar-refractivity contribution >= 4 is 40.0 Å². The smallest absolute Gasteiger partial charge is 0.159 e. The highest BCUT2D eigenvalue weighted by Crippen LogP contribution is 2.32. The Morgan fingerprint density at radius 1 is 1.09 bits per heavy atom. The minimum Gasteiger partial charge on any atom is -0.395 e. The SMILES string of the molecule is OCCN1CCN(c2ccc(Nc3nccc4[nH]c(-c5c(F)cccc5Cl)nc34)nc2)CC1. The van der Waals surface area contributed by atoms with Crippen LogP contribution in [0.4, 0.5) is 21.7 Å². The van der Waals surface area contributed by atoms with E-state index in [1.165, 1.54) is 6.07 Å². The van der Waals surface area contributed by atoms with Gasteiger partial charge in [-0.3, -0.25) is 4.90 Å². The van der Waals surface area contributed by atoms with E-state index in [0.29, 0.717) is 35.0 Å². The number of aliphatic hydroxyl groups is 1. The summed E-state index contributed by atoms with van der Waals surface area (Å²) in [6, 6.07) is 10.2. The summed E-state index contributed by atoms with van der Waals surface area (Å²) < 4.78 is 14.4. The Morgan fingerprint density at radius 3 is 2.67 bits per heavy atom. The maximum atomic E-state index is 14.4. The van der Waals surface area contributed by atoms with Crippen molar-refractivity contribution in [2.24, 2.45) is 0 Å². The van der Waals surface area contributed by atoms with Gasteiger partial charge in [-0.05, 0) is 30.3 Å². The average Bonchev–Trinajstić information content (AvgIpc) is 3.25. The van der Waals surface area contributed by atoms with Crippen LogP contribution in [0, 0.1) is 5.82 Å². The lowest BCUT2D eigenvalue weighted by Gasteiger charge is -2.35. The van der Waals surface area contributed by atoms with Crippen molar-refractivity contribution in [2.75, 3.05) is 49.5 Å². The van der Waals surface area contributed by atoms with Crippen molar-refractivity contribution in [3.05, 3.63) is 59.6 Å². The van der Waals surface area contributed by atoms with E-state index in [-0.39, 0.29) is 17.2 Å². The molecule has 33 heavy (non-hydrogen) atoms. The van der Waals surface area contributed by atoms with E-state index in [1.807, 2.05) is 18.3 Å². The summed E-state index contributed by atoms with van der Waals surface area (Å²) in [5, 5.41) is 12.6. The largest absolute Gasteiger partial charge is 0.395 e. The zero-order valence-corrected chi connectivity index (χ0v) is 18.6. The number of nitrogens with one attached hydrogen (secondary N) is 2. The highest BCUT2D eigenvalue weighted by atomic mass is 35.5. The van der Waals surface area contributed by atoms with Crippen LogP contribution in [0.1, 0.15) is 0 Å². The number of nitrogens with zero attached hydrogens (tertiary/aromatic N) is 5. The Bertz CT molecular complexity index is 1240. The number of pyridine rings is 2. The fraction of sp³-hybridized carbons (Fsp3) is 0.261. The summed E-state index contributed by atoms with van der Waals surface area (Å²) in [5.74, 6) is 1.04. The van der Waals surface area contributed by atoms with Gasteiger partial charge < -0.3 is 20.3 Å². The van der Waals surface area contributed by atoms with E-state index >= 15 is 0 Å². The number of hydrogen-bond acceptors (Lipinski definition) is 7. The van der Waals surface area contributed by atoms with E-state index in [1.54, 1.807) is 24.4 Å². The van der Waals surface area contributed by atoms with Crippen LogP contribution in [0.25, 0.3) is 22.4 Å². The number of piperazine rings is 1. The van der Waals surface area contributed by atoms with Gasteiger partial charge >= 0.3 is 0 Å². The number of aromatic amines is 1. The van der Waals surface area contributed by atoms with Crippen LogP contribution in [0.3, 0.4) is 0 Å². The van der Waals surface area contributed by atoms with Crippen LogP contribution in [0.15, 0.2) is 48.8 Å². The van der Waals surface area contributed by atoms with Gasteiger partial charge in [0.2, 0.25) is 0 Å². The molecule has 3 N–H and O–H groups in total. The van der Waals surface area contributed by atoms with Crippen molar-refractivity contribution in [2.45, 2.75) is 0 Å². The molecule has 1 aromatic carbocycles. The first-order chi connectivity index (χ1) is 16.1. The van der Waals surface area contributed by atoms with Crippen LogP contribution < -0.4 is 10.2 Å². The molecule has 0 atom stereocenters. The molecule has 8 nitrogen and oxygen atoms in total. The first-order valence-corrected chi connectivity index (χ1v) is 11.1. The van der Waals surface area contributed by atoms with Crippen LogP contribution in [0.5, 0.6) is 0 Å². The fourth-order valence-corrected chi connectivity index (χ4v) is 4.26. The molecule has 0 aliphatic carbocycles. The lowest BCUT2D eigenvalue weighted by molar-refractivity contribution is 0.189. The maximum Gasteiger partial charge on any atom is 0.159 e. The third kappa shape index (κ3) is 4.47. The number of H-pyrrole nitrogens is 1. The maximum absolute atomic E-state index is 14.4. The quantitative estimate of drug-likeness (QED) is 0.398. The van der Waals surface area contributed by atoms with Crippen LogP contribution >= 0.6 is 11.6 Å². The number of anilines is 3. The molecule has 0 spiro atoms. The monoisotopic (exact) mass is 467 g/mol. The molecule has 0 amide bonds. The van der Waals surface area contributed by atoms with Crippen molar-refractivity contribution in [3.63, 3.8) is 0 Å². The fourth-order valence-electron chi connectivity index (χ4n) is 4.01. The minimum absolute atomic E-state index is 0.188. The van der Waals surface area contributed by atoms with Crippen molar-refractivity contribution in [1.29, 1.82) is 0 Å². The Kier molecular flexibility index (Phi) is 6.08. The third-order valence-electron chi connectivity index (χ3n) is 5.75. The Labute approximate surface area is 195 Å². The van der Waals surface area contributed by atoms with Gasteiger partial charge in [-0.1, -0.05) is 17.7 Å². The lowest BCUT2D eigenvalue weighted by atomic mass is 10.2. The molecular weight excluding hydrogens is 445 g/mol. The van der Waals surface area contributed by atoms with Crippen molar-refractivity contribution in [1.82, 2.24) is 24.8 Å². The zero-order chi connectivity index (χ0) is 22.8. The Balaban J connectivity index is 1.35. The summed E-state index contributed by atoms with van der Waals surface area (Å²) in [7, 11) is 0. The number of imidazole rings is 1. The van der Waals surface area contributed by atoms with Crippen LogP contribution in [0.2, 0.25) is 5.02 Å². The molecule has 1 saturated heterocycles. The molecule has 1 aliphatic rings. The Morgan fingerprint density at radius 2 is 1.94 bits per heavy atom. The molecule has 5 rings (SSSR count). The number of fused-ring (bicyclic) bond motifs is 1. The summed E-state index contributed by atoms with van der Waals surface area (Å²) in [4.78, 5) is 21.1. The summed E-state index contributed by atoms with van der Waals surface area (Å²) >= 11 is 6.20. The number of β-amino-alcohol motifs (C(OH)–C–C–N with tert-alkyl or cyclic N) is 1. The summed E-state index contributed by atoms with van der Waals surface area (Å²) in [6.07, 6.45) is 3.48. The topological polar surface area (TPSA) is 93.2 Å². The highest BCUT2D eigenvalue weighted by Gasteiger charge is 2.18. The normalized spacial score (nSPS) is 14.7. The standard InChI is InChI=1S/C23H23ClFN7O/c24-16-2-1-3-17(25)20(16)22-28-18-6-7-26-23(21(18)30-22)29-19-5-4-15(14-27-19)32-10-8-31(9-11-32)12-13-33/h1-7,14,33H,8-13H2,(H,28,30)(H,26,27,29). The van der Waals surface area contributed by atoms with Gasteiger partial charge in [-0.2, -0.15) is 0 Å². The number of aliphatic hydroxyl groups excluding tert-OH is 1. The van der Waals surface area contributed by atoms with Crippen molar-refractivity contribution in [3.8, 4) is 11.4 Å². The predicted octanol–water partition coefficient (Wildman–Crippen LogP) is 3.67. The number of aromatic nitrogens is 4. The second kappa shape index (κ2) is 9.30. The molecule has 170 valence electrons. The lowest BCUT2D eigenvalue weighted by Crippen LogP contribution is -2.47. The van der Waals surface area contributed by atoms with Gasteiger partial charge in [-0.15, -0.1) is 0 Å². The van der Waals surface area contributed by atoms with Crippen molar-refractivity contribution < 1.29 is 9.50 Å². The van der Waals surface area contributed by atoms with Gasteiger partial charge in [0.15, 0.2) is 5.82 Å². The molecule has 0 saturated carbocycles. The van der Waals surface area contributed by atoms with E-state index in [4.69, 9.17) is 16.7 Å². The molecule has 0 bridgehead atoms. The van der Waals surface area contributed by atoms with Gasteiger partial charge in [-0.25, -0.2) is 19.3 Å². The van der Waals surface area contributed by atoms with Crippen LogP contribution in [-0.4, -0.2) is 69.3 Å². The van der Waals surface area contributed by atoms with E-state index in [9.17, 15) is 4.39 Å². The first kappa shape index (κ1) is 21.6. The molecule has 4 heterocycles. The van der Waals surface area contributed by atoms with Gasteiger partial charge in [0, 0.05) is 38.9 Å². The highest BCUT2D eigenvalue weighted by molar-refractivity contribution is 6.33. The van der Waals surface area contributed by atoms with E-state index in [2.05, 4.69) is 35.1 Å². The van der Waals surface area contributed by atoms with E-state index in [0.717, 1.165) is 31.9 Å². The first-order valence-electron chi connectivity index (χ1n) is 10.7. The van der Waals surface area contributed by atoms with Crippen LogP contribution in [-0.2, 0) is 0 Å². The number of rotatable bonds is 6. The summed E-state index contributed by atoms with van der Waals surface area (Å²) in [6.45, 7) is 4.52. The second-order valence-corrected chi connectivity index (χ2v) is 8.22. The molecule has 1 aliphatic heterocycles. The second-order valence-electron chi connectivity index (χ2n) is 7.82. The average molecular weight is 468 g/mol. The van der Waals surface area contributed by atoms with Gasteiger partial charge in [0.05, 0.1) is 34.6 Å². The molecule has 10 heteroatoms. The predicted molar refractivity (Wildman–Crippen MR) is 128 cm³/mol. The van der Waals surface area contributed by atoms with Gasteiger partial charge in [0.25, 0.3) is 0 Å². The molecule has 1 fully saturated rings. The molecular formula is C23H23ClFN7O. The minimum atomic E-state index is -0.446. The number of halogens is 2. The Hall–Kier alpha value is -3.27. The summed E-state index contributed by atoms with van der Waals surface area (Å²) in [5.41, 5.74) is 2.55. The third-order valence-corrected chi connectivity index (χ3v) is 6.06. The zero-order valence-electron chi connectivity index (χ0n) is 17.8.